The lowest BCUT2D eigenvalue weighted by molar-refractivity contribution is -0.123. The summed E-state index contributed by atoms with van der Waals surface area (Å²) in [6.07, 6.45) is 3.44. The predicted octanol–water partition coefficient (Wildman–Crippen LogP) is 4.24. The van der Waals surface area contributed by atoms with Gasteiger partial charge in [-0.15, -0.1) is 0 Å². The number of nitrogens with one attached hydrogen (secondary N) is 2. The minimum Gasteiger partial charge on any atom is -0.462 e. The van der Waals surface area contributed by atoms with Crippen molar-refractivity contribution in [3.05, 3.63) is 108 Å². The Morgan fingerprint density at radius 3 is 2.15 bits per heavy atom. The van der Waals surface area contributed by atoms with Crippen LogP contribution >= 0.6 is 0 Å². The van der Waals surface area contributed by atoms with Crippen molar-refractivity contribution in [1.82, 2.24) is 5.32 Å². The Morgan fingerprint density at radius 1 is 0.879 bits per heavy atom. The third-order valence-corrected chi connectivity index (χ3v) is 4.81. The van der Waals surface area contributed by atoms with Crippen molar-refractivity contribution in [1.29, 1.82) is 0 Å². The molecular formula is C27H26N2O4. The number of anilines is 1. The molecule has 0 saturated heterocycles. The van der Waals surface area contributed by atoms with Crippen molar-refractivity contribution in [2.75, 3.05) is 11.9 Å². The van der Waals surface area contributed by atoms with E-state index in [0.717, 1.165) is 11.1 Å². The Balaban J connectivity index is 1.70. The highest BCUT2D eigenvalue weighted by atomic mass is 16.5. The van der Waals surface area contributed by atoms with Crippen molar-refractivity contribution >= 4 is 29.5 Å². The molecule has 3 aromatic carbocycles. The van der Waals surface area contributed by atoms with Crippen molar-refractivity contribution < 1.29 is 19.1 Å². The smallest absolute Gasteiger partial charge is 0.338 e. The van der Waals surface area contributed by atoms with Crippen LogP contribution < -0.4 is 10.6 Å². The molecule has 6 heteroatoms. The maximum Gasteiger partial charge on any atom is 0.338 e. The Morgan fingerprint density at radius 2 is 1.52 bits per heavy atom. The van der Waals surface area contributed by atoms with Gasteiger partial charge in [0.15, 0.2) is 0 Å². The van der Waals surface area contributed by atoms with E-state index in [2.05, 4.69) is 10.6 Å². The Labute approximate surface area is 193 Å². The Hall–Kier alpha value is -4.19. The highest BCUT2D eigenvalue weighted by Crippen LogP contribution is 2.12. The van der Waals surface area contributed by atoms with Crippen LogP contribution in [0.3, 0.4) is 0 Å². The van der Waals surface area contributed by atoms with E-state index in [1.807, 2.05) is 60.7 Å². The second-order valence-corrected chi connectivity index (χ2v) is 7.28. The molecule has 0 unspecified atom stereocenters. The van der Waals surface area contributed by atoms with Crippen molar-refractivity contribution in [2.24, 2.45) is 0 Å². The molecule has 0 heterocycles. The fraction of sp³-hybridized carbons (Fsp3) is 0.148. The molecule has 33 heavy (non-hydrogen) atoms. The van der Waals surface area contributed by atoms with E-state index in [4.69, 9.17) is 4.74 Å². The Bertz CT molecular complexity index is 1090. The summed E-state index contributed by atoms with van der Waals surface area (Å²) in [5, 5.41) is 5.60. The molecule has 0 aromatic heterocycles. The van der Waals surface area contributed by atoms with Crippen LogP contribution in [0.25, 0.3) is 6.08 Å². The molecule has 0 aliphatic carbocycles. The van der Waals surface area contributed by atoms with Crippen molar-refractivity contribution in [3.8, 4) is 0 Å². The lowest BCUT2D eigenvalue weighted by Crippen LogP contribution is -2.44. The number of ether oxygens (including phenoxy) is 1. The summed E-state index contributed by atoms with van der Waals surface area (Å²) in [6, 6.07) is 24.5. The van der Waals surface area contributed by atoms with Crippen LogP contribution in [0.15, 0.2) is 91.0 Å². The molecule has 0 bridgehead atoms. The van der Waals surface area contributed by atoms with Gasteiger partial charge in [-0.05, 0) is 48.4 Å². The van der Waals surface area contributed by atoms with Gasteiger partial charge in [0.2, 0.25) is 11.8 Å². The summed E-state index contributed by atoms with van der Waals surface area (Å²) in [5.74, 6) is -1.15. The van der Waals surface area contributed by atoms with Gasteiger partial charge in [0.1, 0.15) is 6.04 Å². The van der Waals surface area contributed by atoms with Crippen LogP contribution in [-0.2, 0) is 20.7 Å². The summed E-state index contributed by atoms with van der Waals surface area (Å²) >= 11 is 0. The molecule has 1 atom stereocenters. The van der Waals surface area contributed by atoms with E-state index in [1.165, 1.54) is 6.08 Å². The SMILES string of the molecule is CCOC(=O)c1ccc(NC(=O)[C@H](Cc2ccccc2)NC(=O)/C=C/c2ccccc2)cc1. The molecule has 0 aliphatic heterocycles. The molecule has 0 saturated carbocycles. The van der Waals surface area contributed by atoms with Crippen LogP contribution in [-0.4, -0.2) is 30.4 Å². The molecule has 2 N–H and O–H groups in total. The lowest BCUT2D eigenvalue weighted by atomic mass is 10.0. The summed E-state index contributed by atoms with van der Waals surface area (Å²) in [4.78, 5) is 37.3. The van der Waals surface area contributed by atoms with Crippen molar-refractivity contribution in [3.63, 3.8) is 0 Å². The summed E-state index contributed by atoms with van der Waals surface area (Å²) in [7, 11) is 0. The maximum absolute atomic E-state index is 13.0. The number of amides is 2. The van der Waals surface area contributed by atoms with Crippen LogP contribution in [0.4, 0.5) is 5.69 Å². The number of hydrogen-bond donors (Lipinski definition) is 2. The van der Waals surface area contributed by atoms with Gasteiger partial charge >= 0.3 is 5.97 Å². The van der Waals surface area contributed by atoms with Gasteiger partial charge in [-0.1, -0.05) is 60.7 Å². The molecule has 3 rings (SSSR count). The van der Waals surface area contributed by atoms with Gasteiger partial charge in [-0.3, -0.25) is 9.59 Å². The maximum atomic E-state index is 13.0. The molecule has 168 valence electrons. The third kappa shape index (κ3) is 7.47. The second kappa shape index (κ2) is 12.0. The van der Waals surface area contributed by atoms with E-state index >= 15 is 0 Å². The minimum atomic E-state index is -0.787. The quantitative estimate of drug-likeness (QED) is 0.383. The first kappa shape index (κ1) is 23.5. The summed E-state index contributed by atoms with van der Waals surface area (Å²) in [5.41, 5.74) is 2.72. The standard InChI is InChI=1S/C27H26N2O4/c1-2-33-27(32)22-14-16-23(17-15-22)28-26(31)24(19-21-11-7-4-8-12-21)29-25(30)18-13-20-9-5-3-6-10-20/h3-18,24H,2,19H2,1H3,(H,28,31)(H,29,30)/b18-13+/t24-/m0/s1. The highest BCUT2D eigenvalue weighted by molar-refractivity contribution is 6.00. The van der Waals surface area contributed by atoms with Gasteiger partial charge in [0.05, 0.1) is 12.2 Å². The first-order valence-electron chi connectivity index (χ1n) is 10.7. The fourth-order valence-electron chi connectivity index (χ4n) is 3.15. The van der Waals surface area contributed by atoms with Crippen LogP contribution in [0.1, 0.15) is 28.4 Å². The molecular weight excluding hydrogens is 416 g/mol. The zero-order valence-electron chi connectivity index (χ0n) is 18.4. The molecule has 6 nitrogen and oxygen atoms in total. The van der Waals surface area contributed by atoms with Gasteiger partial charge < -0.3 is 15.4 Å². The summed E-state index contributed by atoms with van der Waals surface area (Å²) < 4.78 is 4.97. The average molecular weight is 443 g/mol. The van der Waals surface area contributed by atoms with E-state index in [-0.39, 0.29) is 18.4 Å². The highest BCUT2D eigenvalue weighted by Gasteiger charge is 2.21. The van der Waals surface area contributed by atoms with Crippen LogP contribution in [0.5, 0.6) is 0 Å². The minimum absolute atomic E-state index is 0.289. The van der Waals surface area contributed by atoms with Gasteiger partial charge in [-0.25, -0.2) is 4.79 Å². The van der Waals surface area contributed by atoms with Crippen molar-refractivity contribution in [2.45, 2.75) is 19.4 Å². The molecule has 2 amide bonds. The van der Waals surface area contributed by atoms with Gasteiger partial charge in [0.25, 0.3) is 0 Å². The monoisotopic (exact) mass is 442 g/mol. The van der Waals surface area contributed by atoms with E-state index in [1.54, 1.807) is 37.3 Å². The zero-order chi connectivity index (χ0) is 23.5. The van der Waals surface area contributed by atoms with E-state index in [0.29, 0.717) is 17.7 Å². The number of rotatable bonds is 9. The third-order valence-electron chi connectivity index (χ3n) is 4.81. The number of carbonyl (C=O) groups excluding carboxylic acids is 3. The molecule has 0 aliphatic rings. The Kier molecular flexibility index (Phi) is 8.54. The van der Waals surface area contributed by atoms with Crippen LogP contribution in [0.2, 0.25) is 0 Å². The number of hydrogen-bond acceptors (Lipinski definition) is 4. The summed E-state index contributed by atoms with van der Waals surface area (Å²) in [6.45, 7) is 2.03. The largest absolute Gasteiger partial charge is 0.462 e. The van der Waals surface area contributed by atoms with E-state index in [9.17, 15) is 14.4 Å². The van der Waals surface area contributed by atoms with Gasteiger partial charge in [0, 0.05) is 18.2 Å². The average Bonchev–Trinajstić information content (AvgIpc) is 2.84. The normalized spacial score (nSPS) is 11.5. The number of benzene rings is 3. The lowest BCUT2D eigenvalue weighted by Gasteiger charge is -2.18. The molecule has 0 spiro atoms. The van der Waals surface area contributed by atoms with Crippen LogP contribution in [0, 0.1) is 0 Å². The first-order chi connectivity index (χ1) is 16.0. The molecule has 3 aromatic rings. The number of carbonyl (C=O) groups is 3. The van der Waals surface area contributed by atoms with E-state index < -0.39 is 12.0 Å². The number of esters is 1. The van der Waals surface area contributed by atoms with Gasteiger partial charge in [-0.2, -0.15) is 0 Å². The predicted molar refractivity (Wildman–Crippen MR) is 129 cm³/mol. The first-order valence-corrected chi connectivity index (χ1v) is 10.7. The zero-order valence-corrected chi connectivity index (χ0v) is 18.4. The topological polar surface area (TPSA) is 84.5 Å². The molecule has 0 radical (unpaired) electrons. The molecule has 0 fully saturated rings. The second-order valence-electron chi connectivity index (χ2n) is 7.28. The fourth-order valence-corrected chi connectivity index (χ4v) is 3.15.